The van der Waals surface area contributed by atoms with Crippen molar-refractivity contribution in [1.29, 1.82) is 0 Å². The first-order valence-electron chi connectivity index (χ1n) is 8.02. The first kappa shape index (κ1) is 17.8. The Morgan fingerprint density at radius 1 is 1.19 bits per heavy atom. The molecule has 0 aliphatic carbocycles. The number of thiazole rings is 1. The van der Waals surface area contributed by atoms with E-state index in [9.17, 15) is 10.1 Å². The van der Waals surface area contributed by atoms with Crippen LogP contribution in [0, 0.1) is 30.9 Å². The highest BCUT2D eigenvalue weighted by Crippen LogP contribution is 2.31. The van der Waals surface area contributed by atoms with E-state index in [1.807, 2.05) is 5.38 Å². The summed E-state index contributed by atoms with van der Waals surface area (Å²) in [4.78, 5) is 15.2. The van der Waals surface area contributed by atoms with Crippen molar-refractivity contribution in [2.75, 3.05) is 5.43 Å². The van der Waals surface area contributed by atoms with Crippen molar-refractivity contribution in [3.63, 3.8) is 0 Å². The molecule has 3 rings (SSSR count). The van der Waals surface area contributed by atoms with Crippen LogP contribution in [0.1, 0.15) is 22.3 Å². The molecular weight excluding hydrogens is 348 g/mol. The van der Waals surface area contributed by atoms with Gasteiger partial charge in [-0.2, -0.15) is 5.10 Å². The van der Waals surface area contributed by atoms with E-state index in [1.54, 1.807) is 18.2 Å². The first-order chi connectivity index (χ1) is 12.5. The zero-order valence-corrected chi connectivity index (χ0v) is 15.5. The predicted octanol–water partition coefficient (Wildman–Crippen LogP) is 5.09. The molecule has 0 unspecified atom stereocenters. The van der Waals surface area contributed by atoms with Gasteiger partial charge in [-0.05, 0) is 38.0 Å². The third kappa shape index (κ3) is 3.78. The molecule has 0 radical (unpaired) electrons. The van der Waals surface area contributed by atoms with Gasteiger partial charge in [0, 0.05) is 17.0 Å². The van der Waals surface area contributed by atoms with Crippen LogP contribution in [0.5, 0.6) is 0 Å². The smallest absolute Gasteiger partial charge is 0.258 e. The number of hydrogen-bond acceptors (Lipinski definition) is 6. The summed E-state index contributed by atoms with van der Waals surface area (Å²) in [6.07, 6.45) is 1.43. The van der Waals surface area contributed by atoms with Crippen molar-refractivity contribution in [2.24, 2.45) is 5.10 Å². The van der Waals surface area contributed by atoms with Crippen LogP contribution in [-0.2, 0) is 0 Å². The van der Waals surface area contributed by atoms with Gasteiger partial charge < -0.3 is 0 Å². The maximum atomic E-state index is 11.0. The number of para-hydroxylation sites is 1. The molecule has 1 N–H and O–H groups in total. The second kappa shape index (κ2) is 7.45. The predicted molar refractivity (Wildman–Crippen MR) is 106 cm³/mol. The number of aromatic nitrogens is 1. The standard InChI is InChI=1S/C19H18N4O2S/c1-12-8-13(2)18(14(3)9-12)16-11-26-19(21-16)22-20-10-15-6-4-5-7-17(15)23(24)25/h4-11H,1-3H3,(H,21,22)/b20-10-. The lowest BCUT2D eigenvalue weighted by Gasteiger charge is -2.08. The number of nitrogens with one attached hydrogen (secondary N) is 1. The van der Waals surface area contributed by atoms with Crippen LogP contribution in [0.25, 0.3) is 11.3 Å². The number of benzene rings is 2. The van der Waals surface area contributed by atoms with Crippen molar-refractivity contribution < 1.29 is 4.92 Å². The van der Waals surface area contributed by atoms with Gasteiger partial charge in [0.05, 0.1) is 22.4 Å². The van der Waals surface area contributed by atoms with Gasteiger partial charge in [-0.25, -0.2) is 4.98 Å². The molecule has 2 aromatic carbocycles. The zero-order valence-electron chi connectivity index (χ0n) is 14.7. The third-order valence-electron chi connectivity index (χ3n) is 3.93. The average Bonchev–Trinajstić information content (AvgIpc) is 3.02. The number of nitro benzene ring substituents is 1. The summed E-state index contributed by atoms with van der Waals surface area (Å²) >= 11 is 1.44. The summed E-state index contributed by atoms with van der Waals surface area (Å²) in [5.74, 6) is 0. The maximum absolute atomic E-state index is 11.0. The molecule has 0 saturated carbocycles. The summed E-state index contributed by atoms with van der Waals surface area (Å²) in [6.45, 7) is 6.23. The molecule has 3 aromatic rings. The minimum absolute atomic E-state index is 0.0174. The summed E-state index contributed by atoms with van der Waals surface area (Å²) in [7, 11) is 0. The topological polar surface area (TPSA) is 80.4 Å². The van der Waals surface area contributed by atoms with Crippen molar-refractivity contribution in [3.05, 3.63) is 74.1 Å². The Morgan fingerprint density at radius 3 is 2.58 bits per heavy atom. The van der Waals surface area contributed by atoms with Crippen LogP contribution in [0.2, 0.25) is 0 Å². The summed E-state index contributed by atoms with van der Waals surface area (Å²) in [5, 5.41) is 17.7. The molecule has 7 heteroatoms. The van der Waals surface area contributed by atoms with E-state index < -0.39 is 4.92 Å². The third-order valence-corrected chi connectivity index (χ3v) is 4.68. The Kier molecular flexibility index (Phi) is 5.09. The number of anilines is 1. The van der Waals surface area contributed by atoms with Gasteiger partial charge >= 0.3 is 0 Å². The SMILES string of the molecule is Cc1cc(C)c(-c2csc(N/N=C\c3ccccc3[N+](=O)[O-])n2)c(C)c1. The van der Waals surface area contributed by atoms with Gasteiger partial charge in [-0.15, -0.1) is 11.3 Å². The molecule has 0 bridgehead atoms. The molecule has 1 aromatic heterocycles. The lowest BCUT2D eigenvalue weighted by Crippen LogP contribution is -1.96. The van der Waals surface area contributed by atoms with Crippen LogP contribution in [-0.4, -0.2) is 16.1 Å². The Hall–Kier alpha value is -3.06. The quantitative estimate of drug-likeness (QED) is 0.387. The van der Waals surface area contributed by atoms with E-state index >= 15 is 0 Å². The van der Waals surface area contributed by atoms with E-state index in [-0.39, 0.29) is 5.69 Å². The van der Waals surface area contributed by atoms with Crippen molar-refractivity contribution in [2.45, 2.75) is 20.8 Å². The van der Waals surface area contributed by atoms with E-state index in [4.69, 9.17) is 0 Å². The van der Waals surface area contributed by atoms with Gasteiger partial charge in [-0.3, -0.25) is 15.5 Å². The zero-order chi connectivity index (χ0) is 18.7. The molecule has 0 saturated heterocycles. The molecule has 0 amide bonds. The number of hydrazone groups is 1. The summed E-state index contributed by atoms with van der Waals surface area (Å²) in [6, 6.07) is 10.7. The molecule has 132 valence electrons. The number of nitrogens with zero attached hydrogens (tertiary/aromatic N) is 3. The number of nitro groups is 1. The Labute approximate surface area is 155 Å². The van der Waals surface area contributed by atoms with Crippen LogP contribution in [0.3, 0.4) is 0 Å². The minimum Gasteiger partial charge on any atom is -0.258 e. The molecule has 0 aliphatic heterocycles. The van der Waals surface area contributed by atoms with E-state index in [0.29, 0.717) is 10.7 Å². The summed E-state index contributed by atoms with van der Waals surface area (Å²) in [5.41, 5.74) is 8.93. The van der Waals surface area contributed by atoms with Gasteiger partial charge in [0.2, 0.25) is 5.13 Å². The molecular formula is C19H18N4O2S. The van der Waals surface area contributed by atoms with Crippen molar-refractivity contribution >= 4 is 28.4 Å². The van der Waals surface area contributed by atoms with Gasteiger partial charge in [0.25, 0.3) is 5.69 Å². The number of hydrogen-bond donors (Lipinski definition) is 1. The molecule has 26 heavy (non-hydrogen) atoms. The Morgan fingerprint density at radius 2 is 1.88 bits per heavy atom. The van der Waals surface area contributed by atoms with Gasteiger partial charge in [-0.1, -0.05) is 29.8 Å². The average molecular weight is 366 g/mol. The van der Waals surface area contributed by atoms with E-state index in [2.05, 4.69) is 48.4 Å². The lowest BCUT2D eigenvalue weighted by atomic mass is 9.98. The Balaban J connectivity index is 1.79. The second-order valence-corrected chi connectivity index (χ2v) is 6.86. The second-order valence-electron chi connectivity index (χ2n) is 6.00. The maximum Gasteiger partial charge on any atom is 0.278 e. The monoisotopic (exact) mass is 366 g/mol. The lowest BCUT2D eigenvalue weighted by molar-refractivity contribution is -0.385. The van der Waals surface area contributed by atoms with Crippen molar-refractivity contribution in [3.8, 4) is 11.3 Å². The fraction of sp³-hybridized carbons (Fsp3) is 0.158. The Bertz CT molecular complexity index is 972. The molecule has 0 fully saturated rings. The van der Waals surface area contributed by atoms with Crippen molar-refractivity contribution in [1.82, 2.24) is 4.98 Å². The van der Waals surface area contributed by atoms with Crippen LogP contribution in [0.4, 0.5) is 10.8 Å². The molecule has 0 spiro atoms. The highest BCUT2D eigenvalue weighted by atomic mass is 32.1. The first-order valence-corrected chi connectivity index (χ1v) is 8.90. The number of aryl methyl sites for hydroxylation is 3. The van der Waals surface area contributed by atoms with E-state index in [1.165, 1.54) is 40.3 Å². The molecule has 0 atom stereocenters. The highest BCUT2D eigenvalue weighted by Gasteiger charge is 2.11. The number of rotatable bonds is 5. The van der Waals surface area contributed by atoms with Crippen LogP contribution < -0.4 is 5.43 Å². The van der Waals surface area contributed by atoms with Crippen LogP contribution >= 0.6 is 11.3 Å². The van der Waals surface area contributed by atoms with Crippen LogP contribution in [0.15, 0.2) is 46.9 Å². The largest absolute Gasteiger partial charge is 0.278 e. The molecule has 1 heterocycles. The fourth-order valence-electron chi connectivity index (χ4n) is 2.94. The molecule has 6 nitrogen and oxygen atoms in total. The molecule has 0 aliphatic rings. The fourth-order valence-corrected chi connectivity index (χ4v) is 3.59. The normalized spacial score (nSPS) is 11.0. The van der Waals surface area contributed by atoms with Gasteiger partial charge in [0.15, 0.2) is 0 Å². The minimum atomic E-state index is -0.425. The summed E-state index contributed by atoms with van der Waals surface area (Å²) < 4.78 is 0. The van der Waals surface area contributed by atoms with Gasteiger partial charge in [0.1, 0.15) is 0 Å². The van der Waals surface area contributed by atoms with E-state index in [0.717, 1.165) is 11.3 Å². The highest BCUT2D eigenvalue weighted by molar-refractivity contribution is 7.14.